The minimum absolute atomic E-state index is 0. The summed E-state index contributed by atoms with van der Waals surface area (Å²) >= 11 is 0. The molecule has 0 amide bonds. The Morgan fingerprint density at radius 1 is 0.426 bits per heavy atom. The first kappa shape index (κ1) is 47.0. The van der Waals surface area contributed by atoms with Gasteiger partial charge in [0, 0.05) is 49.6 Å². The van der Waals surface area contributed by atoms with Crippen LogP contribution in [0.3, 0.4) is 0 Å². The minimum Gasteiger partial charge on any atom is -0.744 e. The first-order chi connectivity index (χ1) is 20.1. The molecule has 5 rings (SSSR count). The molecule has 0 aliphatic heterocycles. The first-order valence-electron chi connectivity index (χ1n) is 12.1. The maximum absolute atomic E-state index is 10.5. The molecule has 14 nitrogen and oxygen atoms in total. The average Bonchev–Trinajstić information content (AvgIpc) is 3.01. The number of pyridine rings is 4. The largest absolute Gasteiger partial charge is 2.00 e. The summed E-state index contributed by atoms with van der Waals surface area (Å²) in [5.74, 6) is 0. The van der Waals surface area contributed by atoms with E-state index in [-0.39, 0.29) is 41.4 Å². The molecule has 47 heavy (non-hydrogen) atoms. The molecule has 0 aliphatic rings. The molecule has 0 atom stereocenters. The van der Waals surface area contributed by atoms with Crippen LogP contribution in [0.15, 0.2) is 132 Å². The fourth-order valence-electron chi connectivity index (χ4n) is 3.07. The maximum Gasteiger partial charge on any atom is 2.00 e. The van der Waals surface area contributed by atoms with E-state index in [1.165, 1.54) is 0 Å². The Morgan fingerprint density at radius 2 is 0.638 bits per heavy atom. The van der Waals surface area contributed by atoms with E-state index in [2.05, 4.69) is 44.2 Å². The summed E-state index contributed by atoms with van der Waals surface area (Å²) in [5, 5.41) is 0. The molecule has 4 heterocycles. The van der Waals surface area contributed by atoms with Gasteiger partial charge in [-0.25, -0.2) is 16.8 Å². The fourth-order valence-corrected chi connectivity index (χ4v) is 4.18. The molecule has 246 valence electrons. The third-order valence-electron chi connectivity index (χ3n) is 5.14. The standard InChI is InChI=1S/2C12H10N2.C6H6O6S2.4H2O.Zn/c2*1(11-3-7-13-8-4-11)2-12-5-9-14-10-6-12;7-13(8,9)5-2-1-3-6(4-5)14(10,11)12;;;;;/h2*1-10H;1-4H,(H,7,8,9)(H,10,11,12);4*1H2;/q;;;;;;;+2/p-2/b2*2-1+;;;;;;. The van der Waals surface area contributed by atoms with E-state index in [1.807, 2.05) is 48.5 Å². The van der Waals surface area contributed by atoms with Gasteiger partial charge in [-0.15, -0.1) is 0 Å². The monoisotopic (exact) mass is 736 g/mol. The Kier molecular flexibility index (Phi) is 23.9. The van der Waals surface area contributed by atoms with Gasteiger partial charge in [0.15, 0.2) is 0 Å². The van der Waals surface area contributed by atoms with Crippen LogP contribution in [0, 0.1) is 0 Å². The van der Waals surface area contributed by atoms with Crippen LogP contribution in [0.1, 0.15) is 22.3 Å². The second kappa shape index (κ2) is 23.9. The molecule has 0 spiro atoms. The number of aromatic nitrogens is 4. The summed E-state index contributed by atoms with van der Waals surface area (Å²) in [7, 11) is -9.48. The van der Waals surface area contributed by atoms with Crippen molar-refractivity contribution < 1.29 is 67.3 Å². The first-order valence-corrected chi connectivity index (χ1v) is 14.9. The molecule has 0 radical (unpaired) electrons. The SMILES string of the molecule is C(=C\c1ccncc1)/c1ccncc1.C(=C\c1ccncc1)/c1ccncc1.O.O.O.O.O=S(=O)([O-])c1cccc(S(=O)(=O)[O-])c1.[Zn+2]. The van der Waals surface area contributed by atoms with E-state index in [0.29, 0.717) is 6.07 Å². The zero-order valence-electron chi connectivity index (χ0n) is 24.6. The average molecular weight is 738 g/mol. The van der Waals surface area contributed by atoms with Crippen molar-refractivity contribution in [1.29, 1.82) is 0 Å². The van der Waals surface area contributed by atoms with Crippen molar-refractivity contribution in [3.8, 4) is 0 Å². The van der Waals surface area contributed by atoms with Crippen molar-refractivity contribution in [3.63, 3.8) is 0 Å². The van der Waals surface area contributed by atoms with Crippen LogP contribution in [-0.4, -0.2) is 67.8 Å². The van der Waals surface area contributed by atoms with Crippen LogP contribution < -0.4 is 0 Å². The summed E-state index contributed by atoms with van der Waals surface area (Å²) in [6, 6.07) is 19.1. The third kappa shape index (κ3) is 18.4. The van der Waals surface area contributed by atoms with Crippen LogP contribution >= 0.6 is 0 Å². The van der Waals surface area contributed by atoms with Crippen molar-refractivity contribution in [3.05, 3.63) is 145 Å². The summed E-state index contributed by atoms with van der Waals surface area (Å²) in [5.41, 5.74) is 4.60. The van der Waals surface area contributed by atoms with Crippen LogP contribution in [0.4, 0.5) is 0 Å². The molecule has 0 saturated heterocycles. The molecule has 4 aromatic heterocycles. The molecule has 1 aromatic carbocycles. The Bertz CT molecular complexity index is 1610. The van der Waals surface area contributed by atoms with E-state index in [4.69, 9.17) is 0 Å². The van der Waals surface area contributed by atoms with Gasteiger partial charge in [0.25, 0.3) is 0 Å². The van der Waals surface area contributed by atoms with Gasteiger partial charge in [0.05, 0.1) is 9.79 Å². The molecule has 0 unspecified atom stereocenters. The molecule has 0 saturated carbocycles. The normalized spacial score (nSPS) is 10.1. The number of hydrogen-bond acceptors (Lipinski definition) is 10. The molecule has 5 aromatic rings. The van der Waals surface area contributed by atoms with Crippen molar-refractivity contribution in [1.82, 2.24) is 19.9 Å². The minimum atomic E-state index is -4.74. The van der Waals surface area contributed by atoms with Gasteiger partial charge in [-0.2, -0.15) is 0 Å². The Labute approximate surface area is 285 Å². The quantitative estimate of drug-likeness (QED) is 0.179. The molecule has 17 heteroatoms. The molecule has 0 fully saturated rings. The van der Waals surface area contributed by atoms with Crippen LogP contribution in [0.5, 0.6) is 0 Å². The van der Waals surface area contributed by atoms with E-state index in [9.17, 15) is 25.9 Å². The van der Waals surface area contributed by atoms with Crippen LogP contribution in [0.2, 0.25) is 0 Å². The zero-order valence-corrected chi connectivity index (χ0v) is 29.2. The van der Waals surface area contributed by atoms with Gasteiger partial charge < -0.3 is 31.0 Å². The summed E-state index contributed by atoms with van der Waals surface area (Å²) in [4.78, 5) is 14.3. The molecule has 8 N–H and O–H groups in total. The predicted octanol–water partition coefficient (Wildman–Crippen LogP) is 1.49. The molecule has 0 bridgehead atoms. The van der Waals surface area contributed by atoms with E-state index < -0.39 is 30.0 Å². The summed E-state index contributed by atoms with van der Waals surface area (Å²) in [6.07, 6.45) is 22.5. The smallest absolute Gasteiger partial charge is 0.744 e. The summed E-state index contributed by atoms with van der Waals surface area (Å²) in [6.45, 7) is 0. The number of nitrogens with zero attached hydrogens (tertiary/aromatic N) is 4. The number of rotatable bonds is 6. The van der Waals surface area contributed by atoms with Crippen molar-refractivity contribution >= 4 is 44.5 Å². The molecular weight excluding hydrogens is 706 g/mol. The topological polar surface area (TPSA) is 292 Å². The van der Waals surface area contributed by atoms with Gasteiger partial charge >= 0.3 is 19.5 Å². The van der Waals surface area contributed by atoms with E-state index in [1.54, 1.807) is 49.6 Å². The maximum atomic E-state index is 10.5. The molecule has 0 aliphatic carbocycles. The fraction of sp³-hybridized carbons (Fsp3) is 0. The van der Waals surface area contributed by atoms with Crippen molar-refractivity contribution in [2.75, 3.05) is 0 Å². The van der Waals surface area contributed by atoms with Crippen molar-refractivity contribution in [2.24, 2.45) is 0 Å². The third-order valence-corrected chi connectivity index (χ3v) is 6.81. The zero-order chi connectivity index (χ0) is 30.3. The van der Waals surface area contributed by atoms with Crippen molar-refractivity contribution in [2.45, 2.75) is 9.79 Å². The van der Waals surface area contributed by atoms with Gasteiger partial charge in [0.1, 0.15) is 20.2 Å². The second-order valence-electron chi connectivity index (χ2n) is 8.17. The van der Waals surface area contributed by atoms with Gasteiger partial charge in [-0.3, -0.25) is 19.9 Å². The van der Waals surface area contributed by atoms with Gasteiger partial charge in [-0.1, -0.05) is 30.4 Å². The number of hydrogen-bond donors (Lipinski definition) is 0. The van der Waals surface area contributed by atoms with E-state index in [0.717, 1.165) is 40.5 Å². The van der Waals surface area contributed by atoms with Crippen LogP contribution in [0.25, 0.3) is 24.3 Å². The Hall–Kier alpha value is -4.42. The second-order valence-corrected chi connectivity index (χ2v) is 10.9. The Balaban J connectivity index is -0.000000587. The van der Waals surface area contributed by atoms with E-state index >= 15 is 0 Å². The number of benzene rings is 1. The van der Waals surface area contributed by atoms with Gasteiger partial charge in [0.2, 0.25) is 0 Å². The Morgan fingerprint density at radius 3 is 0.830 bits per heavy atom. The summed E-state index contributed by atoms with van der Waals surface area (Å²) < 4.78 is 62.8. The predicted molar refractivity (Wildman–Crippen MR) is 172 cm³/mol. The van der Waals surface area contributed by atoms with Crippen LogP contribution in [-0.2, 0) is 39.7 Å². The molecular formula is C30H32N4O10S2Zn. The van der Waals surface area contributed by atoms with Gasteiger partial charge in [-0.05, 0) is 89.0 Å².